The van der Waals surface area contributed by atoms with Crippen LogP contribution in [-0.4, -0.2) is 48.5 Å². The first-order valence-corrected chi connectivity index (χ1v) is 12.9. The largest absolute Gasteiger partial charge is 1.00 e. The van der Waals surface area contributed by atoms with Crippen LogP contribution in [0.5, 0.6) is 0 Å². The number of hydrogen-bond donors (Lipinski definition) is 0. The molecule has 0 aromatic heterocycles. The lowest BCUT2D eigenvalue weighted by atomic mass is 9.74. The van der Waals surface area contributed by atoms with Crippen molar-refractivity contribution in [1.29, 1.82) is 0 Å². The number of rotatable bonds is 6. The van der Waals surface area contributed by atoms with Crippen molar-refractivity contribution in [2.45, 2.75) is 62.9 Å². The first-order valence-electron chi connectivity index (χ1n) is 12.9. The predicted molar refractivity (Wildman–Crippen MR) is 129 cm³/mol. The van der Waals surface area contributed by atoms with Gasteiger partial charge >= 0.3 is 5.97 Å². The molecule has 4 aliphatic rings. The Labute approximate surface area is 218 Å². The van der Waals surface area contributed by atoms with Crippen molar-refractivity contribution in [3.8, 4) is 0 Å². The summed E-state index contributed by atoms with van der Waals surface area (Å²) in [7, 11) is 0. The minimum atomic E-state index is -0.563. The van der Waals surface area contributed by atoms with Gasteiger partial charge < -0.3 is 26.2 Å². The molecule has 4 fully saturated rings. The number of piperidine rings is 3. The molecule has 0 N–H and O–H groups in total. The highest BCUT2D eigenvalue weighted by Crippen LogP contribution is 2.42. The Morgan fingerprint density at radius 1 is 0.943 bits per heavy atom. The van der Waals surface area contributed by atoms with E-state index in [4.69, 9.17) is 4.74 Å². The van der Waals surface area contributed by atoms with Gasteiger partial charge in [-0.1, -0.05) is 68.1 Å². The SMILES string of the molecule is O=C(C[N+]12CCC(CC1)[C@@H](OC(=O)C1(c3ccccc3)CCCCCC1)C2)c1cccc(F)c1.[Br-]. The van der Waals surface area contributed by atoms with Crippen LogP contribution in [0, 0.1) is 11.7 Å². The van der Waals surface area contributed by atoms with Gasteiger partial charge in [-0.25, -0.2) is 4.39 Å². The Bertz CT molecular complexity index is 1030. The molecule has 35 heavy (non-hydrogen) atoms. The number of carbonyl (C=O) groups is 2. The molecule has 3 aliphatic heterocycles. The Balaban J connectivity index is 0.00000289. The normalized spacial score (nSPS) is 27.3. The van der Waals surface area contributed by atoms with Crippen molar-refractivity contribution in [2.75, 3.05) is 26.2 Å². The summed E-state index contributed by atoms with van der Waals surface area (Å²) >= 11 is 0. The molecule has 188 valence electrons. The van der Waals surface area contributed by atoms with E-state index < -0.39 is 5.41 Å². The molecule has 0 spiro atoms. The van der Waals surface area contributed by atoms with E-state index in [-0.39, 0.29) is 40.7 Å². The summed E-state index contributed by atoms with van der Waals surface area (Å²) in [6.07, 6.45) is 7.86. The molecule has 0 radical (unpaired) electrons. The highest BCUT2D eigenvalue weighted by atomic mass is 79.9. The molecule has 4 nitrogen and oxygen atoms in total. The van der Waals surface area contributed by atoms with E-state index in [1.165, 1.54) is 12.1 Å². The van der Waals surface area contributed by atoms with Crippen LogP contribution in [0.25, 0.3) is 0 Å². The van der Waals surface area contributed by atoms with Gasteiger partial charge in [-0.2, -0.15) is 0 Å². The van der Waals surface area contributed by atoms with Gasteiger partial charge in [0.1, 0.15) is 18.9 Å². The summed E-state index contributed by atoms with van der Waals surface area (Å²) in [5.41, 5.74) is 0.940. The van der Waals surface area contributed by atoms with Gasteiger partial charge in [0.05, 0.1) is 18.5 Å². The maximum absolute atomic E-state index is 13.9. The van der Waals surface area contributed by atoms with E-state index in [0.717, 1.165) is 70.0 Å². The first-order chi connectivity index (χ1) is 16.5. The fourth-order valence-corrected chi connectivity index (χ4v) is 6.58. The van der Waals surface area contributed by atoms with E-state index in [1.807, 2.05) is 18.2 Å². The number of nitrogens with zero attached hydrogens (tertiary/aromatic N) is 1. The number of esters is 1. The third-order valence-corrected chi connectivity index (χ3v) is 8.60. The van der Waals surface area contributed by atoms with Crippen molar-refractivity contribution in [1.82, 2.24) is 0 Å². The van der Waals surface area contributed by atoms with Gasteiger partial charge in [0, 0.05) is 24.3 Å². The predicted octanol–water partition coefficient (Wildman–Crippen LogP) is 2.46. The molecule has 2 aromatic rings. The highest BCUT2D eigenvalue weighted by molar-refractivity contribution is 5.97. The maximum Gasteiger partial charge on any atom is 0.317 e. The molecular formula is C29H35BrFNO3. The van der Waals surface area contributed by atoms with Crippen molar-refractivity contribution in [3.05, 3.63) is 71.5 Å². The van der Waals surface area contributed by atoms with E-state index in [1.54, 1.807) is 12.1 Å². The topological polar surface area (TPSA) is 43.4 Å². The minimum Gasteiger partial charge on any atom is -1.00 e. The standard InChI is InChI=1S/C29H35FNO3.BrH/c30-25-12-8-9-23(19-25)26(32)20-31-17-13-22(14-18-31)27(21-31)34-28(33)29(15-6-1-2-7-16-29)24-10-4-3-5-11-24;/h3-5,8-12,19,22,27H,1-2,6-7,13-18,20-21H2;1H/q+1;/p-1/t22?,27-,31?;/m0./s1. The van der Waals surface area contributed by atoms with Crippen LogP contribution >= 0.6 is 0 Å². The molecule has 1 atom stereocenters. The second kappa shape index (κ2) is 10.9. The lowest BCUT2D eigenvalue weighted by Crippen LogP contribution is -3.00. The summed E-state index contributed by atoms with van der Waals surface area (Å²) < 4.78 is 20.7. The van der Waals surface area contributed by atoms with Gasteiger partial charge in [-0.05, 0) is 30.5 Å². The van der Waals surface area contributed by atoms with Crippen LogP contribution in [0.3, 0.4) is 0 Å². The lowest BCUT2D eigenvalue weighted by molar-refractivity contribution is -0.938. The summed E-state index contributed by atoms with van der Waals surface area (Å²) in [5, 5.41) is 0. The zero-order valence-electron chi connectivity index (χ0n) is 20.3. The van der Waals surface area contributed by atoms with Crippen molar-refractivity contribution in [3.63, 3.8) is 0 Å². The Hall–Kier alpha value is -2.05. The number of benzene rings is 2. The zero-order chi connectivity index (χ0) is 23.6. The number of ether oxygens (including phenoxy) is 1. The average Bonchev–Trinajstić information content (AvgIpc) is 3.12. The fraction of sp³-hybridized carbons (Fsp3) is 0.517. The van der Waals surface area contributed by atoms with Gasteiger partial charge in [-0.3, -0.25) is 9.59 Å². The molecule has 3 heterocycles. The second-order valence-corrected chi connectivity index (χ2v) is 10.7. The van der Waals surface area contributed by atoms with Crippen LogP contribution in [-0.2, 0) is 14.9 Å². The number of carbonyl (C=O) groups excluding carboxylic acids is 2. The molecule has 6 rings (SSSR count). The van der Waals surface area contributed by atoms with E-state index in [0.29, 0.717) is 29.1 Å². The summed E-state index contributed by atoms with van der Waals surface area (Å²) in [6, 6.07) is 16.1. The molecule has 0 amide bonds. The van der Waals surface area contributed by atoms with Crippen molar-refractivity contribution < 1.29 is 40.2 Å². The third-order valence-electron chi connectivity index (χ3n) is 8.60. The number of ketones is 1. The molecule has 1 saturated carbocycles. The highest BCUT2D eigenvalue weighted by Gasteiger charge is 2.51. The molecule has 6 heteroatoms. The molecule has 2 aromatic carbocycles. The number of quaternary nitrogens is 1. The number of Topliss-reactive ketones (excluding diaryl/α,β-unsaturated/α-hetero) is 1. The van der Waals surface area contributed by atoms with Gasteiger partial charge in [0.15, 0.2) is 6.10 Å². The molecule has 3 saturated heterocycles. The summed E-state index contributed by atoms with van der Waals surface area (Å²) in [5.74, 6) is -0.125. The van der Waals surface area contributed by atoms with E-state index in [2.05, 4.69) is 12.1 Å². The quantitative estimate of drug-likeness (QED) is 0.243. The molecule has 0 unspecified atom stereocenters. The van der Waals surface area contributed by atoms with Crippen LogP contribution in [0.4, 0.5) is 4.39 Å². The number of hydrogen-bond acceptors (Lipinski definition) is 3. The van der Waals surface area contributed by atoms with Gasteiger partial charge in [-0.15, -0.1) is 0 Å². The summed E-state index contributed by atoms with van der Waals surface area (Å²) in [4.78, 5) is 26.9. The Morgan fingerprint density at radius 2 is 1.63 bits per heavy atom. The average molecular weight is 545 g/mol. The zero-order valence-corrected chi connectivity index (χ0v) is 21.9. The van der Waals surface area contributed by atoms with Crippen LogP contribution < -0.4 is 17.0 Å². The number of halogens is 2. The molecule has 1 aliphatic carbocycles. The number of fused-ring (bicyclic) bond motifs is 3. The van der Waals surface area contributed by atoms with Gasteiger partial charge in [0.25, 0.3) is 0 Å². The smallest absolute Gasteiger partial charge is 0.317 e. The molecule has 2 bridgehead atoms. The Kier molecular flexibility index (Phi) is 8.12. The third kappa shape index (κ3) is 5.39. The molecular weight excluding hydrogens is 509 g/mol. The van der Waals surface area contributed by atoms with Crippen molar-refractivity contribution in [2.24, 2.45) is 5.92 Å². The minimum absolute atomic E-state index is 0. The first kappa shape index (κ1) is 26.0. The van der Waals surface area contributed by atoms with Crippen LogP contribution in [0.1, 0.15) is 67.3 Å². The van der Waals surface area contributed by atoms with Crippen LogP contribution in [0.2, 0.25) is 0 Å². The van der Waals surface area contributed by atoms with Crippen molar-refractivity contribution >= 4 is 11.8 Å². The Morgan fingerprint density at radius 3 is 2.29 bits per heavy atom. The maximum atomic E-state index is 13.9. The second-order valence-electron chi connectivity index (χ2n) is 10.7. The monoisotopic (exact) mass is 543 g/mol. The van der Waals surface area contributed by atoms with E-state index >= 15 is 0 Å². The summed E-state index contributed by atoms with van der Waals surface area (Å²) in [6.45, 7) is 2.86. The lowest BCUT2D eigenvalue weighted by Gasteiger charge is -2.52. The fourth-order valence-electron chi connectivity index (χ4n) is 6.58. The van der Waals surface area contributed by atoms with Crippen LogP contribution in [0.15, 0.2) is 54.6 Å². The van der Waals surface area contributed by atoms with E-state index in [9.17, 15) is 14.0 Å². The van der Waals surface area contributed by atoms with Gasteiger partial charge in [0.2, 0.25) is 5.78 Å².